The molecule has 0 fully saturated rings. The number of nitrogens with one attached hydrogen (secondary N) is 2. The van der Waals surface area contributed by atoms with Crippen molar-refractivity contribution in [1.29, 1.82) is 10.8 Å². The fourth-order valence-corrected chi connectivity index (χ4v) is 3.41. The van der Waals surface area contributed by atoms with Gasteiger partial charge in [-0.05, 0) is 38.0 Å². The van der Waals surface area contributed by atoms with Crippen LogP contribution in [0.3, 0.4) is 0 Å². The van der Waals surface area contributed by atoms with Crippen LogP contribution in [0.2, 0.25) is 5.02 Å². The van der Waals surface area contributed by atoms with Gasteiger partial charge >= 0.3 is 0 Å². The summed E-state index contributed by atoms with van der Waals surface area (Å²) in [6, 6.07) is 7.38. The van der Waals surface area contributed by atoms with Gasteiger partial charge in [-0.25, -0.2) is 0 Å². The molecule has 0 unspecified atom stereocenters. The predicted octanol–water partition coefficient (Wildman–Crippen LogP) is 4.42. The van der Waals surface area contributed by atoms with Crippen LogP contribution < -0.4 is 0 Å². The van der Waals surface area contributed by atoms with Crippen LogP contribution in [0.25, 0.3) is 0 Å². The first-order valence-electron chi connectivity index (χ1n) is 8.39. The number of aliphatic imine (C=N–C) groups is 1. The van der Waals surface area contributed by atoms with Crippen LogP contribution in [-0.4, -0.2) is 35.6 Å². The molecule has 1 atom stereocenters. The Morgan fingerprint density at radius 2 is 1.92 bits per heavy atom. The van der Waals surface area contributed by atoms with E-state index in [1.807, 2.05) is 31.2 Å². The van der Waals surface area contributed by atoms with Gasteiger partial charge in [-0.2, -0.15) is 0 Å². The van der Waals surface area contributed by atoms with Crippen LogP contribution in [0.5, 0.6) is 0 Å². The summed E-state index contributed by atoms with van der Waals surface area (Å²) in [5, 5.41) is 17.5. The highest BCUT2D eigenvalue weighted by atomic mass is 35.5. The Hall–Kier alpha value is -2.14. The topological polar surface area (TPSA) is 63.3 Å². The maximum Gasteiger partial charge on any atom is 0.210 e. The van der Waals surface area contributed by atoms with Crippen LogP contribution in [0.4, 0.5) is 0 Å². The second-order valence-corrected chi connectivity index (χ2v) is 6.86. The minimum Gasteiger partial charge on any atom is -0.298 e. The van der Waals surface area contributed by atoms with E-state index in [0.717, 1.165) is 33.5 Å². The molecule has 4 nitrogen and oxygen atoms in total. The number of benzene rings is 1. The number of rotatable bonds is 2. The zero-order chi connectivity index (χ0) is 18.3. The summed E-state index contributed by atoms with van der Waals surface area (Å²) in [4.78, 5) is 6.65. The third kappa shape index (κ3) is 2.97. The van der Waals surface area contributed by atoms with Gasteiger partial charge in [0.1, 0.15) is 17.7 Å². The second-order valence-electron chi connectivity index (χ2n) is 6.43. The summed E-state index contributed by atoms with van der Waals surface area (Å²) < 4.78 is 0. The summed E-state index contributed by atoms with van der Waals surface area (Å²) in [5.41, 5.74) is 6.01. The molecular weight excluding hydrogens is 331 g/mol. The van der Waals surface area contributed by atoms with Crippen LogP contribution >= 0.6 is 11.6 Å². The SMILES string of the molecule is CC[C@@H]1N=C(c2ccc(Cl)cc2)C2=C([B]C(C)=C2C)N(C(C)=N)C1=N. The molecule has 0 saturated heterocycles. The van der Waals surface area contributed by atoms with Gasteiger partial charge in [0.25, 0.3) is 0 Å². The Bertz CT molecular complexity index is 849. The number of nitrogens with zero attached hydrogens (tertiary/aromatic N) is 2. The molecule has 0 spiro atoms. The number of halogens is 1. The van der Waals surface area contributed by atoms with Crippen molar-refractivity contribution in [1.82, 2.24) is 4.90 Å². The number of hydrogen-bond donors (Lipinski definition) is 2. The molecule has 2 aliphatic heterocycles. The molecule has 1 aromatic rings. The van der Waals surface area contributed by atoms with Gasteiger partial charge in [-0.1, -0.05) is 48.6 Å². The van der Waals surface area contributed by atoms with Crippen molar-refractivity contribution >= 4 is 36.3 Å². The zero-order valence-electron chi connectivity index (χ0n) is 14.9. The Balaban J connectivity index is 2.27. The lowest BCUT2D eigenvalue weighted by Gasteiger charge is -2.27. The number of hydrogen-bond acceptors (Lipinski definition) is 3. The van der Waals surface area contributed by atoms with Gasteiger partial charge in [0.2, 0.25) is 7.28 Å². The highest BCUT2D eigenvalue weighted by molar-refractivity contribution is 6.58. The lowest BCUT2D eigenvalue weighted by Crippen LogP contribution is -2.40. The summed E-state index contributed by atoms with van der Waals surface area (Å²) >= 11 is 6.05. The van der Waals surface area contributed by atoms with Gasteiger partial charge in [-0.3, -0.25) is 20.7 Å². The maximum atomic E-state index is 8.63. The van der Waals surface area contributed by atoms with E-state index in [1.54, 1.807) is 11.8 Å². The Morgan fingerprint density at radius 1 is 1.28 bits per heavy atom. The fraction of sp³-hybridized carbons (Fsp3) is 0.316. The molecule has 0 amide bonds. The molecule has 2 N–H and O–H groups in total. The van der Waals surface area contributed by atoms with E-state index in [1.165, 1.54) is 0 Å². The molecule has 127 valence electrons. The van der Waals surface area contributed by atoms with Crippen molar-refractivity contribution in [2.75, 3.05) is 0 Å². The highest BCUT2D eigenvalue weighted by Crippen LogP contribution is 2.35. The molecule has 0 aliphatic carbocycles. The largest absolute Gasteiger partial charge is 0.298 e. The molecule has 2 heterocycles. The Morgan fingerprint density at radius 3 is 2.48 bits per heavy atom. The first kappa shape index (κ1) is 17.7. The van der Waals surface area contributed by atoms with Crippen molar-refractivity contribution in [3.05, 3.63) is 57.1 Å². The molecule has 0 bridgehead atoms. The molecule has 1 radical (unpaired) electrons. The van der Waals surface area contributed by atoms with Gasteiger partial charge in [0.15, 0.2) is 0 Å². The molecule has 0 aromatic heterocycles. The second kappa shape index (κ2) is 6.64. The van der Waals surface area contributed by atoms with Crippen LogP contribution in [0, 0.1) is 10.8 Å². The van der Waals surface area contributed by atoms with E-state index in [4.69, 9.17) is 27.4 Å². The molecular formula is C19H21BClN4. The maximum absolute atomic E-state index is 8.63. The van der Waals surface area contributed by atoms with Gasteiger partial charge in [0, 0.05) is 16.2 Å². The molecule has 2 aliphatic rings. The van der Waals surface area contributed by atoms with E-state index in [0.29, 0.717) is 23.1 Å². The highest BCUT2D eigenvalue weighted by Gasteiger charge is 2.35. The number of allylic oxidation sites excluding steroid dienone is 3. The van der Waals surface area contributed by atoms with Crippen LogP contribution in [0.15, 0.2) is 51.5 Å². The third-order valence-corrected chi connectivity index (χ3v) is 4.99. The van der Waals surface area contributed by atoms with Crippen LogP contribution in [0.1, 0.15) is 39.7 Å². The molecule has 0 saturated carbocycles. The molecule has 25 heavy (non-hydrogen) atoms. The van der Waals surface area contributed by atoms with E-state index in [2.05, 4.69) is 21.1 Å². The molecule has 1 aromatic carbocycles. The Kier molecular flexibility index (Phi) is 4.70. The van der Waals surface area contributed by atoms with Crippen LogP contribution in [-0.2, 0) is 0 Å². The fourth-order valence-electron chi connectivity index (χ4n) is 3.28. The average molecular weight is 352 g/mol. The Labute approximate surface area is 154 Å². The summed E-state index contributed by atoms with van der Waals surface area (Å²) in [5.74, 6) is 0.687. The van der Waals surface area contributed by atoms with Crippen molar-refractivity contribution in [3.8, 4) is 0 Å². The van der Waals surface area contributed by atoms with E-state index >= 15 is 0 Å². The first-order chi connectivity index (χ1) is 11.8. The standard InChI is InChI=1S/C19H21BClN4/c1-5-15-19(23)25(12(4)22)18-16(10(2)11(3)20-18)17(24-15)13-6-8-14(21)9-7-13/h6-9,15,22-23H,5H2,1-4H3/t15-/m0/s1. The van der Waals surface area contributed by atoms with E-state index in [9.17, 15) is 0 Å². The van der Waals surface area contributed by atoms with Gasteiger partial charge < -0.3 is 0 Å². The smallest absolute Gasteiger partial charge is 0.210 e. The summed E-state index contributed by atoms with van der Waals surface area (Å²) in [6.45, 7) is 7.87. The van der Waals surface area contributed by atoms with E-state index < -0.39 is 0 Å². The summed E-state index contributed by atoms with van der Waals surface area (Å²) in [7, 11) is 2.06. The first-order valence-corrected chi connectivity index (χ1v) is 8.77. The number of amidine groups is 2. The zero-order valence-corrected chi connectivity index (χ0v) is 15.7. The predicted molar refractivity (Wildman–Crippen MR) is 106 cm³/mol. The monoisotopic (exact) mass is 351 g/mol. The third-order valence-electron chi connectivity index (χ3n) is 4.73. The lowest BCUT2D eigenvalue weighted by atomic mass is 9.69. The van der Waals surface area contributed by atoms with E-state index in [-0.39, 0.29) is 6.04 Å². The van der Waals surface area contributed by atoms with Crippen molar-refractivity contribution < 1.29 is 0 Å². The normalized spacial score (nSPS) is 20.4. The van der Waals surface area contributed by atoms with Crippen molar-refractivity contribution in [3.63, 3.8) is 0 Å². The minimum atomic E-state index is -0.280. The lowest BCUT2D eigenvalue weighted by molar-refractivity contribution is 0.691. The average Bonchev–Trinajstić information content (AvgIpc) is 2.77. The summed E-state index contributed by atoms with van der Waals surface area (Å²) in [6.07, 6.45) is 0.710. The minimum absolute atomic E-state index is 0.280. The molecule has 3 rings (SSSR count). The van der Waals surface area contributed by atoms with Crippen molar-refractivity contribution in [2.24, 2.45) is 4.99 Å². The van der Waals surface area contributed by atoms with Gasteiger partial charge in [0.05, 0.1) is 5.71 Å². The van der Waals surface area contributed by atoms with Gasteiger partial charge in [-0.15, -0.1) is 0 Å². The molecule has 6 heteroatoms. The van der Waals surface area contributed by atoms with Crippen molar-refractivity contribution in [2.45, 2.75) is 40.2 Å². The quantitative estimate of drug-likeness (QED) is 0.462.